The molecule has 2 aliphatic carbocycles. The van der Waals surface area contributed by atoms with Crippen LogP contribution in [0.3, 0.4) is 0 Å². The Hall–Kier alpha value is -8.08. The molecule has 0 saturated carbocycles. The molecule has 11 aromatic rings. The molecule has 296 valence electrons. The average Bonchev–Trinajstić information content (AvgIpc) is 3.93. The summed E-state index contributed by atoms with van der Waals surface area (Å²) in [5.74, 6) is 0.673. The number of anilines is 3. The number of fused-ring (bicyclic) bond motifs is 9. The molecule has 63 heavy (non-hydrogen) atoms. The largest absolute Gasteiger partial charge is 0.311 e. The van der Waals surface area contributed by atoms with Gasteiger partial charge in [0.1, 0.15) is 0 Å². The fourth-order valence-corrected chi connectivity index (χ4v) is 10.5. The first-order chi connectivity index (χ1) is 31.0. The van der Waals surface area contributed by atoms with Gasteiger partial charge in [-0.15, -0.1) is 0 Å². The van der Waals surface area contributed by atoms with Crippen molar-refractivity contribution in [2.24, 2.45) is 0 Å². The highest BCUT2D eigenvalue weighted by Crippen LogP contribution is 2.53. The molecule has 0 amide bonds. The normalized spacial score (nSPS) is 13.0. The van der Waals surface area contributed by atoms with Crippen LogP contribution in [0.15, 0.2) is 206 Å². The number of aromatic nitrogens is 3. The molecular weight excluding hydrogens is 765 g/mol. The van der Waals surface area contributed by atoms with Gasteiger partial charge in [0.05, 0.1) is 16.7 Å². The van der Waals surface area contributed by atoms with E-state index < -0.39 is 0 Å². The van der Waals surface area contributed by atoms with Gasteiger partial charge in [0.15, 0.2) is 0 Å². The fraction of sp³-hybridized carbons (Fsp3) is 0.0508. The second kappa shape index (κ2) is 13.5. The molecule has 0 bridgehead atoms. The van der Waals surface area contributed by atoms with Crippen LogP contribution in [-0.4, -0.2) is 14.5 Å². The molecular formula is C59H40N4. The van der Waals surface area contributed by atoms with Crippen LogP contribution in [-0.2, 0) is 5.41 Å². The van der Waals surface area contributed by atoms with E-state index in [9.17, 15) is 0 Å². The van der Waals surface area contributed by atoms with E-state index in [0.29, 0.717) is 5.95 Å². The molecule has 0 fully saturated rings. The van der Waals surface area contributed by atoms with Gasteiger partial charge in [-0.3, -0.25) is 4.57 Å². The number of nitrogens with zero attached hydrogens (tertiary/aromatic N) is 4. The summed E-state index contributed by atoms with van der Waals surface area (Å²) >= 11 is 0. The molecule has 9 aromatic carbocycles. The molecule has 0 aliphatic heterocycles. The monoisotopic (exact) mass is 804 g/mol. The minimum atomic E-state index is -0.0404. The van der Waals surface area contributed by atoms with Crippen LogP contribution in [0.1, 0.15) is 25.0 Å². The first kappa shape index (κ1) is 35.7. The van der Waals surface area contributed by atoms with E-state index in [1.807, 2.05) is 18.3 Å². The smallest absolute Gasteiger partial charge is 0.235 e. The van der Waals surface area contributed by atoms with Gasteiger partial charge in [0.2, 0.25) is 5.95 Å². The summed E-state index contributed by atoms with van der Waals surface area (Å²) in [6.45, 7) is 4.69. The van der Waals surface area contributed by atoms with Gasteiger partial charge < -0.3 is 4.90 Å². The van der Waals surface area contributed by atoms with E-state index in [4.69, 9.17) is 9.97 Å². The Morgan fingerprint density at radius 1 is 0.460 bits per heavy atom. The molecule has 0 saturated heterocycles. The number of benzene rings is 9. The molecule has 13 rings (SSSR count). The molecule has 0 N–H and O–H groups in total. The lowest BCUT2D eigenvalue weighted by Gasteiger charge is -2.26. The Bertz CT molecular complexity index is 3630. The van der Waals surface area contributed by atoms with Crippen LogP contribution < -0.4 is 4.90 Å². The van der Waals surface area contributed by atoms with Crippen molar-refractivity contribution in [2.75, 3.05) is 4.90 Å². The SMILES string of the molecule is CC1(C)c2ccccc2-c2ccc(-c3ccc(N(c4ccccc4)c4ccc(-c5ccc6c7c(n(-c8ncc9ccccc9n8)c6c5)-c5cccc6cccc-7c56)cc4)cc3)cc21. The summed E-state index contributed by atoms with van der Waals surface area (Å²) in [5, 5.41) is 4.75. The molecule has 0 spiro atoms. The van der Waals surface area contributed by atoms with E-state index in [0.717, 1.165) is 50.3 Å². The Morgan fingerprint density at radius 3 is 1.83 bits per heavy atom. The molecule has 4 heteroatoms. The lowest BCUT2D eigenvalue weighted by atomic mass is 9.81. The number of rotatable bonds is 6. The van der Waals surface area contributed by atoms with Gasteiger partial charge >= 0.3 is 0 Å². The summed E-state index contributed by atoms with van der Waals surface area (Å²) in [7, 11) is 0. The Labute approximate surface area is 366 Å². The highest BCUT2D eigenvalue weighted by Gasteiger charge is 2.35. The third-order valence-electron chi connectivity index (χ3n) is 13.6. The zero-order valence-electron chi connectivity index (χ0n) is 34.9. The maximum absolute atomic E-state index is 5.16. The maximum Gasteiger partial charge on any atom is 0.235 e. The summed E-state index contributed by atoms with van der Waals surface area (Å²) in [4.78, 5) is 12.5. The molecule has 0 unspecified atom stereocenters. The van der Waals surface area contributed by atoms with Crippen molar-refractivity contribution in [1.29, 1.82) is 0 Å². The molecule has 0 radical (unpaired) electrons. The number of para-hydroxylation sites is 2. The number of hydrogen-bond acceptors (Lipinski definition) is 3. The van der Waals surface area contributed by atoms with E-state index >= 15 is 0 Å². The van der Waals surface area contributed by atoms with E-state index in [-0.39, 0.29) is 5.41 Å². The van der Waals surface area contributed by atoms with E-state index in [1.165, 1.54) is 66.2 Å². The summed E-state index contributed by atoms with van der Waals surface area (Å²) < 4.78 is 2.28. The van der Waals surface area contributed by atoms with Crippen LogP contribution >= 0.6 is 0 Å². The van der Waals surface area contributed by atoms with Crippen molar-refractivity contribution in [3.63, 3.8) is 0 Å². The second-order valence-corrected chi connectivity index (χ2v) is 17.4. The maximum atomic E-state index is 5.16. The van der Waals surface area contributed by atoms with Gasteiger partial charge in [0, 0.05) is 50.6 Å². The highest BCUT2D eigenvalue weighted by molar-refractivity contribution is 6.22. The third kappa shape index (κ3) is 5.34. The summed E-state index contributed by atoms with van der Waals surface area (Å²) in [6, 6.07) is 72.8. The topological polar surface area (TPSA) is 34.0 Å². The van der Waals surface area contributed by atoms with Gasteiger partial charge in [-0.1, -0.05) is 159 Å². The van der Waals surface area contributed by atoms with Crippen molar-refractivity contribution in [2.45, 2.75) is 19.3 Å². The van der Waals surface area contributed by atoms with Crippen LogP contribution in [0, 0.1) is 0 Å². The predicted molar refractivity (Wildman–Crippen MR) is 261 cm³/mol. The van der Waals surface area contributed by atoms with Crippen LogP contribution in [0.5, 0.6) is 0 Å². The minimum absolute atomic E-state index is 0.0404. The van der Waals surface area contributed by atoms with Crippen molar-refractivity contribution < 1.29 is 0 Å². The van der Waals surface area contributed by atoms with Crippen LogP contribution in [0.4, 0.5) is 17.1 Å². The Kier molecular flexibility index (Phi) is 7.62. The standard InChI is InChI=1S/C59H40N4/c1-59(2)51-20-8-7-17-46(51)47-32-26-40(34-52(47)59)37-22-28-44(29-23-37)62(43-15-4-3-5-16-43)45-30-24-38(25-31-45)41-27-33-48-54(35-41)63(58-60-36-42-12-6-9-21-53(42)61-58)57-50-19-11-14-39-13-10-18-49(55(39)50)56(48)57/h3-36H,1-2H3. The Morgan fingerprint density at radius 2 is 1.05 bits per heavy atom. The zero-order chi connectivity index (χ0) is 41.8. The van der Waals surface area contributed by atoms with Crippen LogP contribution in [0.25, 0.3) is 94.3 Å². The molecule has 2 aromatic heterocycles. The van der Waals surface area contributed by atoms with Crippen molar-refractivity contribution in [3.05, 3.63) is 218 Å². The quantitative estimate of drug-likeness (QED) is 0.168. The number of hydrogen-bond donors (Lipinski definition) is 0. The zero-order valence-corrected chi connectivity index (χ0v) is 34.9. The first-order valence-electron chi connectivity index (χ1n) is 21.7. The minimum Gasteiger partial charge on any atom is -0.311 e. The molecule has 4 nitrogen and oxygen atoms in total. The summed E-state index contributed by atoms with van der Waals surface area (Å²) in [5.41, 5.74) is 20.3. The lowest BCUT2D eigenvalue weighted by Crippen LogP contribution is -2.14. The van der Waals surface area contributed by atoms with Crippen molar-refractivity contribution in [1.82, 2.24) is 14.5 Å². The fourth-order valence-electron chi connectivity index (χ4n) is 10.5. The van der Waals surface area contributed by atoms with E-state index in [1.54, 1.807) is 0 Å². The van der Waals surface area contributed by atoms with Crippen molar-refractivity contribution in [3.8, 4) is 61.7 Å². The van der Waals surface area contributed by atoms with Gasteiger partial charge in [-0.25, -0.2) is 9.97 Å². The Balaban J connectivity index is 0.886. The van der Waals surface area contributed by atoms with Gasteiger partial charge in [-0.2, -0.15) is 0 Å². The lowest BCUT2D eigenvalue weighted by molar-refractivity contribution is 0.660. The average molecular weight is 805 g/mol. The molecule has 0 atom stereocenters. The highest BCUT2D eigenvalue weighted by atomic mass is 15.2. The van der Waals surface area contributed by atoms with E-state index in [2.05, 4.69) is 211 Å². The van der Waals surface area contributed by atoms with Gasteiger partial charge in [0.25, 0.3) is 0 Å². The molecule has 2 aliphatic rings. The first-order valence-corrected chi connectivity index (χ1v) is 21.7. The predicted octanol–water partition coefficient (Wildman–Crippen LogP) is 15.5. The van der Waals surface area contributed by atoms with Crippen LogP contribution in [0.2, 0.25) is 0 Å². The third-order valence-corrected chi connectivity index (χ3v) is 13.6. The van der Waals surface area contributed by atoms with Gasteiger partial charge in [-0.05, 0) is 115 Å². The summed E-state index contributed by atoms with van der Waals surface area (Å²) in [6.07, 6.45) is 1.94. The molecule has 2 heterocycles. The van der Waals surface area contributed by atoms with Crippen molar-refractivity contribution >= 4 is 49.6 Å². The second-order valence-electron chi connectivity index (χ2n) is 17.4.